The van der Waals surface area contributed by atoms with Crippen molar-refractivity contribution in [2.45, 2.75) is 117 Å². The first-order valence-corrected chi connectivity index (χ1v) is 30.9. The lowest BCUT2D eigenvalue weighted by Crippen LogP contribution is -2.46. The molecule has 18 nitrogen and oxygen atoms in total. The van der Waals surface area contributed by atoms with E-state index in [1.165, 1.54) is 60.8 Å². The molecule has 4 aliphatic rings. The van der Waals surface area contributed by atoms with Crippen molar-refractivity contribution in [3.63, 3.8) is 0 Å². The van der Waals surface area contributed by atoms with E-state index in [0.29, 0.717) is 11.5 Å². The predicted molar refractivity (Wildman–Crippen MR) is 293 cm³/mol. The minimum Gasteiger partial charge on any atom is -0.484 e. The van der Waals surface area contributed by atoms with Gasteiger partial charge in [-0.3, -0.25) is 19.4 Å². The molecular formula is C58H78N4O14S2. The summed E-state index contributed by atoms with van der Waals surface area (Å²) in [5.41, 5.74) is 4.97. The fourth-order valence-corrected chi connectivity index (χ4v) is 13.1. The lowest BCUT2D eigenvalue weighted by molar-refractivity contribution is -0.145. The van der Waals surface area contributed by atoms with Gasteiger partial charge in [-0.05, 0) is 148 Å². The van der Waals surface area contributed by atoms with Gasteiger partial charge in [-0.2, -0.15) is 0 Å². The molecule has 2 saturated heterocycles. The maximum Gasteiger partial charge on any atom is 0.252 e. The number of carbonyl (C=O) groups excluding carboxylic acids is 2. The number of fused-ring (bicyclic) bond motifs is 2. The SMILES string of the molecule is O=C(CCCOCCOCCNS(=O)(=O)c1ccc(O[C@H]2c3ccccc3C[C@@H]2N2CCCCC2)cc1)[C@H](O)[C@@H](O)C(=O)NCCOCCOCCCS(=O)(=O)c1ccc(O[C@H]2c3ccccc3C[C@@H]2N2CCCCC2)cc1. The number of hydrogen-bond donors (Lipinski definition) is 4. The van der Waals surface area contributed by atoms with Crippen molar-refractivity contribution >= 4 is 31.6 Å². The van der Waals surface area contributed by atoms with Crippen molar-refractivity contribution in [1.82, 2.24) is 19.8 Å². The largest absolute Gasteiger partial charge is 0.484 e. The summed E-state index contributed by atoms with van der Waals surface area (Å²) in [5, 5.41) is 23.0. The number of ether oxygens (including phenoxy) is 6. The van der Waals surface area contributed by atoms with E-state index in [9.17, 15) is 36.6 Å². The first kappa shape index (κ1) is 59.3. The summed E-state index contributed by atoms with van der Waals surface area (Å²) in [7, 11) is -7.33. The van der Waals surface area contributed by atoms with E-state index in [2.05, 4.69) is 56.2 Å². The summed E-state index contributed by atoms with van der Waals surface area (Å²) in [5.74, 6) is -0.483. The van der Waals surface area contributed by atoms with Crippen molar-refractivity contribution in [2.24, 2.45) is 0 Å². The summed E-state index contributed by atoms with van der Waals surface area (Å²) < 4.78 is 89.8. The van der Waals surface area contributed by atoms with E-state index in [1.807, 2.05) is 12.1 Å². The molecule has 0 radical (unpaired) electrons. The number of sulfone groups is 1. The zero-order chi connectivity index (χ0) is 54.7. The molecule has 4 aromatic carbocycles. The third-order valence-corrected chi connectivity index (χ3v) is 18.3. The van der Waals surface area contributed by atoms with Crippen LogP contribution in [0.2, 0.25) is 0 Å². The highest BCUT2D eigenvalue weighted by Crippen LogP contribution is 2.41. The van der Waals surface area contributed by atoms with Crippen LogP contribution in [0.15, 0.2) is 107 Å². The molecule has 0 spiro atoms. The number of hydrogen-bond acceptors (Lipinski definition) is 16. The highest BCUT2D eigenvalue weighted by Gasteiger charge is 2.40. The minimum atomic E-state index is -3.79. The third kappa shape index (κ3) is 16.6. The van der Waals surface area contributed by atoms with Gasteiger partial charge in [-0.1, -0.05) is 61.4 Å². The van der Waals surface area contributed by atoms with Crippen LogP contribution in [0.25, 0.3) is 0 Å². The third-order valence-electron chi connectivity index (χ3n) is 15.0. The van der Waals surface area contributed by atoms with Gasteiger partial charge < -0.3 is 44.0 Å². The van der Waals surface area contributed by atoms with E-state index in [4.69, 9.17) is 28.4 Å². The second kappa shape index (κ2) is 29.6. The Morgan fingerprint density at radius 1 is 0.538 bits per heavy atom. The Kier molecular flexibility index (Phi) is 22.5. The number of nitrogens with one attached hydrogen (secondary N) is 2. The van der Waals surface area contributed by atoms with Gasteiger partial charge in [0.05, 0.1) is 67.3 Å². The molecule has 78 heavy (non-hydrogen) atoms. The number of aliphatic hydroxyl groups is 2. The number of rotatable bonds is 32. The summed E-state index contributed by atoms with van der Waals surface area (Å²) in [6.45, 7) is 5.56. The van der Waals surface area contributed by atoms with Gasteiger partial charge in [0.1, 0.15) is 29.8 Å². The molecule has 0 aromatic heterocycles. The number of ketones is 1. The molecule has 2 heterocycles. The number of carbonyl (C=O) groups is 2. The highest BCUT2D eigenvalue weighted by atomic mass is 32.2. The number of likely N-dealkylation sites (tertiary alicyclic amines) is 2. The first-order valence-electron chi connectivity index (χ1n) is 27.7. The summed E-state index contributed by atoms with van der Waals surface area (Å²) >= 11 is 0. The van der Waals surface area contributed by atoms with Gasteiger partial charge in [0.2, 0.25) is 10.0 Å². The quantitative estimate of drug-likeness (QED) is 0.0464. The summed E-state index contributed by atoms with van der Waals surface area (Å²) in [6, 6.07) is 30.4. The molecule has 20 heteroatoms. The van der Waals surface area contributed by atoms with Gasteiger partial charge in [0, 0.05) is 32.7 Å². The van der Waals surface area contributed by atoms with E-state index in [-0.39, 0.29) is 125 Å². The monoisotopic (exact) mass is 1120 g/mol. The van der Waals surface area contributed by atoms with Gasteiger partial charge in [-0.25, -0.2) is 21.6 Å². The van der Waals surface area contributed by atoms with E-state index in [1.54, 1.807) is 48.5 Å². The number of piperidine rings is 2. The Morgan fingerprint density at radius 3 is 1.53 bits per heavy atom. The van der Waals surface area contributed by atoms with Gasteiger partial charge >= 0.3 is 0 Å². The first-order chi connectivity index (χ1) is 37.9. The van der Waals surface area contributed by atoms with Crippen LogP contribution in [0.1, 0.15) is 92.2 Å². The Hall–Kier alpha value is -4.84. The zero-order valence-electron chi connectivity index (χ0n) is 44.6. The molecule has 2 aliphatic heterocycles. The Labute approximate surface area is 460 Å². The lowest BCUT2D eigenvalue weighted by Gasteiger charge is -2.35. The number of benzene rings is 4. The average molecular weight is 1120 g/mol. The van der Waals surface area contributed by atoms with Crippen molar-refractivity contribution < 1.29 is 65.1 Å². The zero-order valence-corrected chi connectivity index (χ0v) is 46.2. The minimum absolute atomic E-state index is 0.00745. The van der Waals surface area contributed by atoms with Crippen molar-refractivity contribution in [3.8, 4) is 11.5 Å². The number of nitrogens with zero attached hydrogens (tertiary/aromatic N) is 2. The lowest BCUT2D eigenvalue weighted by atomic mass is 10.0. The predicted octanol–water partition coefficient (Wildman–Crippen LogP) is 5.14. The average Bonchev–Trinajstić information content (AvgIpc) is 4.02. The maximum absolute atomic E-state index is 13.1. The molecular weight excluding hydrogens is 1040 g/mol. The Balaban J connectivity index is 0.611. The molecule has 0 unspecified atom stereocenters. The van der Waals surface area contributed by atoms with Gasteiger partial charge in [-0.15, -0.1) is 0 Å². The molecule has 4 N–H and O–H groups in total. The van der Waals surface area contributed by atoms with E-state index < -0.39 is 43.8 Å². The molecule has 8 rings (SSSR count). The highest BCUT2D eigenvalue weighted by molar-refractivity contribution is 7.91. The Morgan fingerprint density at radius 2 is 1.00 bits per heavy atom. The topological polar surface area (TPSA) is 229 Å². The van der Waals surface area contributed by atoms with Crippen molar-refractivity contribution in [2.75, 3.05) is 97.9 Å². The number of Topliss-reactive ketones (excluding diaryl/α,β-unsaturated/α-hetero) is 1. The van der Waals surface area contributed by atoms with Crippen molar-refractivity contribution in [3.05, 3.63) is 119 Å². The molecule has 1 amide bonds. The van der Waals surface area contributed by atoms with Crippen LogP contribution < -0.4 is 19.5 Å². The fraction of sp³-hybridized carbons (Fsp3) is 0.552. The van der Waals surface area contributed by atoms with Gasteiger partial charge in [0.25, 0.3) is 5.91 Å². The van der Waals surface area contributed by atoms with Crippen molar-refractivity contribution in [1.29, 1.82) is 0 Å². The molecule has 2 fully saturated rings. The number of aliphatic hydroxyl groups excluding tert-OH is 2. The van der Waals surface area contributed by atoms with Crippen LogP contribution >= 0.6 is 0 Å². The second-order valence-electron chi connectivity index (χ2n) is 20.4. The van der Waals surface area contributed by atoms with E-state index in [0.717, 1.165) is 39.0 Å². The molecule has 2 aliphatic carbocycles. The summed E-state index contributed by atoms with van der Waals surface area (Å²) in [4.78, 5) is 30.2. The molecule has 4 aromatic rings. The number of sulfonamides is 1. The van der Waals surface area contributed by atoms with Crippen LogP contribution in [-0.4, -0.2) is 171 Å². The van der Waals surface area contributed by atoms with Crippen LogP contribution in [0, 0.1) is 0 Å². The van der Waals surface area contributed by atoms with E-state index >= 15 is 0 Å². The maximum atomic E-state index is 13.1. The number of amides is 1. The van der Waals surface area contributed by atoms with Crippen LogP contribution in [0.4, 0.5) is 0 Å². The van der Waals surface area contributed by atoms with Crippen LogP contribution in [0.5, 0.6) is 11.5 Å². The molecule has 0 saturated carbocycles. The fourth-order valence-electron chi connectivity index (χ4n) is 10.8. The molecule has 6 atom stereocenters. The Bertz CT molecular complexity index is 2550. The smallest absolute Gasteiger partial charge is 0.252 e. The summed E-state index contributed by atoms with van der Waals surface area (Å²) in [6.07, 6.45) is 5.37. The molecule has 0 bridgehead atoms. The molecule has 426 valence electrons. The van der Waals surface area contributed by atoms with Gasteiger partial charge in [0.15, 0.2) is 21.7 Å². The standard InChI is InChI=1S/C58H78N4O14S2/c63-53(17-11-32-71-36-39-74-35-27-60-78(69,70)48-24-20-46(21-25-48)76-57-50-16-6-4-14-44(50)42-52(57)62-30-9-2-10-31-62)54(64)55(65)58(66)59-26-34-73-38-37-72-33-12-40-77(67,68)47-22-18-45(19-23-47)75-56-49-15-5-3-13-43(49)41-51(56)61-28-7-1-8-29-61/h3-6,13-16,18-25,51-52,54-57,60,64-65H,1-2,7-12,17,26-42H2,(H,59,66)/t51-,52-,54-,55+,56-,57-/m0/s1. The normalized spacial score (nSPS) is 20.6. The second-order valence-corrected chi connectivity index (χ2v) is 24.3. The van der Waals surface area contributed by atoms with Crippen LogP contribution in [0.3, 0.4) is 0 Å². The van der Waals surface area contributed by atoms with Crippen LogP contribution in [-0.2, 0) is 61.2 Å².